The van der Waals surface area contributed by atoms with Gasteiger partial charge in [0, 0.05) is 6.54 Å². The molecule has 1 aliphatic rings. The highest BCUT2D eigenvalue weighted by Crippen LogP contribution is 2.28. The Labute approximate surface area is 87.7 Å². The van der Waals surface area contributed by atoms with E-state index in [1.165, 1.54) is 0 Å². The van der Waals surface area contributed by atoms with Crippen LogP contribution in [0.5, 0.6) is 5.75 Å². The first-order valence-electron chi connectivity index (χ1n) is 4.93. The van der Waals surface area contributed by atoms with Crippen molar-refractivity contribution in [1.82, 2.24) is 0 Å². The predicted octanol–water partition coefficient (Wildman–Crippen LogP) is 1.38. The molecule has 1 aromatic carbocycles. The summed E-state index contributed by atoms with van der Waals surface area (Å²) in [5, 5.41) is 8.96. The molecule has 0 bridgehead atoms. The third kappa shape index (κ3) is 2.27. The van der Waals surface area contributed by atoms with Gasteiger partial charge in [0.2, 0.25) is 0 Å². The van der Waals surface area contributed by atoms with Crippen molar-refractivity contribution in [1.29, 1.82) is 0 Å². The number of ether oxygens (including phenoxy) is 1. The van der Waals surface area contributed by atoms with Crippen molar-refractivity contribution in [3.63, 3.8) is 0 Å². The Bertz CT molecular complexity index is 385. The van der Waals surface area contributed by atoms with Gasteiger partial charge in [0.15, 0.2) is 0 Å². The van der Waals surface area contributed by atoms with Gasteiger partial charge in [-0.2, -0.15) is 0 Å². The second-order valence-corrected chi connectivity index (χ2v) is 3.65. The maximum absolute atomic E-state index is 10.9. The number of carboxylic acid groups (broad SMARTS) is 1. The van der Waals surface area contributed by atoms with Gasteiger partial charge < -0.3 is 15.6 Å². The second kappa shape index (κ2) is 3.90. The molecule has 0 saturated heterocycles. The molecule has 0 radical (unpaired) electrons. The molecule has 0 aliphatic heterocycles. The van der Waals surface area contributed by atoms with Crippen LogP contribution in [0.15, 0.2) is 18.2 Å². The maximum atomic E-state index is 10.9. The first kappa shape index (κ1) is 9.98. The highest BCUT2D eigenvalue weighted by molar-refractivity contribution is 5.89. The molecule has 4 nitrogen and oxygen atoms in total. The minimum atomic E-state index is -0.961. The van der Waals surface area contributed by atoms with Gasteiger partial charge in [-0.3, -0.25) is 0 Å². The van der Waals surface area contributed by atoms with E-state index in [0.717, 1.165) is 12.8 Å². The number of carbonyl (C=O) groups is 1. The molecule has 0 amide bonds. The van der Waals surface area contributed by atoms with Crippen LogP contribution in [-0.2, 0) is 6.54 Å². The van der Waals surface area contributed by atoms with Crippen LogP contribution in [0.2, 0.25) is 0 Å². The van der Waals surface area contributed by atoms with Crippen molar-refractivity contribution in [3.05, 3.63) is 29.3 Å². The zero-order valence-electron chi connectivity index (χ0n) is 8.27. The normalized spacial score (nSPS) is 15.0. The quantitative estimate of drug-likeness (QED) is 0.782. The summed E-state index contributed by atoms with van der Waals surface area (Å²) >= 11 is 0. The Morgan fingerprint density at radius 2 is 2.27 bits per heavy atom. The minimum Gasteiger partial charge on any atom is -0.490 e. The molecule has 0 unspecified atom stereocenters. The average molecular weight is 207 g/mol. The average Bonchev–Trinajstić information content (AvgIpc) is 3.01. The molecule has 0 heterocycles. The van der Waals surface area contributed by atoms with Crippen molar-refractivity contribution in [3.8, 4) is 5.75 Å². The van der Waals surface area contributed by atoms with Crippen LogP contribution in [0.4, 0.5) is 0 Å². The summed E-state index contributed by atoms with van der Waals surface area (Å²) < 4.78 is 5.51. The highest BCUT2D eigenvalue weighted by Gasteiger charge is 2.24. The number of nitrogens with two attached hydrogens (primary N) is 1. The number of aromatic carboxylic acids is 1. The van der Waals surface area contributed by atoms with Crippen molar-refractivity contribution in [2.75, 3.05) is 0 Å². The summed E-state index contributed by atoms with van der Waals surface area (Å²) in [5.41, 5.74) is 6.31. The summed E-state index contributed by atoms with van der Waals surface area (Å²) in [6.45, 7) is 0.228. The van der Waals surface area contributed by atoms with Crippen LogP contribution in [0.25, 0.3) is 0 Å². The summed E-state index contributed by atoms with van der Waals surface area (Å²) in [7, 11) is 0. The Morgan fingerprint density at radius 1 is 1.53 bits per heavy atom. The summed E-state index contributed by atoms with van der Waals surface area (Å²) in [6, 6.07) is 5.02. The molecule has 1 aromatic rings. The lowest BCUT2D eigenvalue weighted by Crippen LogP contribution is -2.07. The first-order chi connectivity index (χ1) is 7.20. The Hall–Kier alpha value is -1.55. The van der Waals surface area contributed by atoms with Gasteiger partial charge in [0.1, 0.15) is 5.75 Å². The highest BCUT2D eigenvalue weighted by atomic mass is 16.5. The van der Waals surface area contributed by atoms with Crippen molar-refractivity contribution in [2.24, 2.45) is 5.73 Å². The maximum Gasteiger partial charge on any atom is 0.336 e. The van der Waals surface area contributed by atoms with E-state index >= 15 is 0 Å². The first-order valence-corrected chi connectivity index (χ1v) is 4.93. The van der Waals surface area contributed by atoms with Crippen molar-refractivity contribution >= 4 is 5.97 Å². The van der Waals surface area contributed by atoms with E-state index in [0.29, 0.717) is 11.3 Å². The van der Waals surface area contributed by atoms with Crippen LogP contribution >= 0.6 is 0 Å². The number of rotatable bonds is 4. The van der Waals surface area contributed by atoms with Gasteiger partial charge in [-0.15, -0.1) is 0 Å². The molecular weight excluding hydrogens is 194 g/mol. The molecule has 80 valence electrons. The van der Waals surface area contributed by atoms with Gasteiger partial charge in [0.05, 0.1) is 11.7 Å². The summed E-state index contributed by atoms with van der Waals surface area (Å²) in [5.74, 6) is -0.344. The fourth-order valence-electron chi connectivity index (χ4n) is 1.38. The number of hydrogen-bond acceptors (Lipinski definition) is 3. The third-order valence-electron chi connectivity index (χ3n) is 2.36. The third-order valence-corrected chi connectivity index (χ3v) is 2.36. The van der Waals surface area contributed by atoms with Gasteiger partial charge in [-0.1, -0.05) is 6.07 Å². The Balaban J connectivity index is 2.26. The fourth-order valence-corrected chi connectivity index (χ4v) is 1.38. The monoisotopic (exact) mass is 207 g/mol. The number of hydrogen-bond donors (Lipinski definition) is 2. The lowest BCUT2D eigenvalue weighted by atomic mass is 10.1. The van der Waals surface area contributed by atoms with E-state index in [2.05, 4.69) is 0 Å². The summed E-state index contributed by atoms with van der Waals surface area (Å²) in [6.07, 6.45) is 2.39. The molecule has 0 aromatic heterocycles. The minimum absolute atomic E-state index is 0.228. The molecule has 2 rings (SSSR count). The molecule has 3 N–H and O–H groups in total. The van der Waals surface area contributed by atoms with Crippen LogP contribution in [0.3, 0.4) is 0 Å². The van der Waals surface area contributed by atoms with E-state index in [9.17, 15) is 4.79 Å². The van der Waals surface area contributed by atoms with Crippen molar-refractivity contribution in [2.45, 2.75) is 25.5 Å². The lowest BCUT2D eigenvalue weighted by Gasteiger charge is -2.08. The zero-order chi connectivity index (χ0) is 10.8. The van der Waals surface area contributed by atoms with E-state index in [1.54, 1.807) is 18.2 Å². The molecule has 1 saturated carbocycles. The van der Waals surface area contributed by atoms with Gasteiger partial charge >= 0.3 is 5.97 Å². The summed E-state index contributed by atoms with van der Waals surface area (Å²) in [4.78, 5) is 10.9. The standard InChI is InChI=1S/C11H13NO3/c12-6-7-1-2-9(15-8-3-4-8)5-10(7)11(13)14/h1-2,5,8H,3-4,6,12H2,(H,13,14). The second-order valence-electron chi connectivity index (χ2n) is 3.65. The number of benzene rings is 1. The molecule has 1 aliphatic carbocycles. The van der Waals surface area contributed by atoms with Gasteiger partial charge in [-0.25, -0.2) is 4.79 Å². The van der Waals surface area contributed by atoms with Crippen molar-refractivity contribution < 1.29 is 14.6 Å². The SMILES string of the molecule is NCc1ccc(OC2CC2)cc1C(=O)O. The smallest absolute Gasteiger partial charge is 0.336 e. The molecule has 1 fully saturated rings. The van der Waals surface area contributed by atoms with Gasteiger partial charge in [-0.05, 0) is 30.5 Å². The lowest BCUT2D eigenvalue weighted by molar-refractivity contribution is 0.0695. The zero-order valence-corrected chi connectivity index (χ0v) is 8.27. The fraction of sp³-hybridized carbons (Fsp3) is 0.364. The van der Waals surface area contributed by atoms with E-state index < -0.39 is 5.97 Å². The van der Waals surface area contributed by atoms with E-state index in [-0.39, 0.29) is 18.2 Å². The molecule has 4 heteroatoms. The van der Waals surface area contributed by atoms with E-state index in [1.807, 2.05) is 0 Å². The predicted molar refractivity (Wildman–Crippen MR) is 54.9 cm³/mol. The van der Waals surface area contributed by atoms with Crippen LogP contribution in [-0.4, -0.2) is 17.2 Å². The largest absolute Gasteiger partial charge is 0.490 e. The molecule has 0 spiro atoms. The van der Waals surface area contributed by atoms with Crippen LogP contribution in [0.1, 0.15) is 28.8 Å². The van der Waals surface area contributed by atoms with E-state index in [4.69, 9.17) is 15.6 Å². The van der Waals surface area contributed by atoms with Crippen LogP contribution < -0.4 is 10.5 Å². The molecular formula is C11H13NO3. The Morgan fingerprint density at radius 3 is 2.80 bits per heavy atom. The molecule has 15 heavy (non-hydrogen) atoms. The molecule has 0 atom stereocenters. The van der Waals surface area contributed by atoms with Crippen LogP contribution in [0, 0.1) is 0 Å². The van der Waals surface area contributed by atoms with Gasteiger partial charge in [0.25, 0.3) is 0 Å². The topological polar surface area (TPSA) is 72.5 Å². The Kier molecular flexibility index (Phi) is 2.60. The number of carboxylic acids is 1.